The number of hydrogen-bond donors (Lipinski definition) is 1. The Balaban J connectivity index is 1.93. The summed E-state index contributed by atoms with van der Waals surface area (Å²) in [7, 11) is -3.49. The molecule has 6 nitrogen and oxygen atoms in total. The standard InChI is InChI=1S/C13H18N2O4S/c1-2-15(10-8-14-9-10)20(16,17)11-3-4-12-13(7-11)19-6-5-18-12/h3-4,7,10,14H,2,5-6,8-9H2,1H3. The minimum Gasteiger partial charge on any atom is -0.486 e. The lowest BCUT2D eigenvalue weighted by atomic mass is 10.2. The van der Waals surface area contributed by atoms with Gasteiger partial charge in [-0.25, -0.2) is 8.42 Å². The quantitative estimate of drug-likeness (QED) is 0.873. The van der Waals surface area contributed by atoms with Crippen LogP contribution in [-0.2, 0) is 10.0 Å². The average Bonchev–Trinajstić information content (AvgIpc) is 2.41. The molecule has 0 atom stereocenters. The van der Waals surface area contributed by atoms with Gasteiger partial charge in [0, 0.05) is 31.7 Å². The molecule has 0 unspecified atom stereocenters. The van der Waals surface area contributed by atoms with E-state index < -0.39 is 10.0 Å². The van der Waals surface area contributed by atoms with Gasteiger partial charge in [-0.3, -0.25) is 0 Å². The second kappa shape index (κ2) is 5.23. The Bertz CT molecular complexity index is 598. The highest BCUT2D eigenvalue weighted by Gasteiger charge is 2.34. The minimum absolute atomic E-state index is 0.0400. The van der Waals surface area contributed by atoms with Crippen molar-refractivity contribution in [3.63, 3.8) is 0 Å². The van der Waals surface area contributed by atoms with Crippen LogP contribution in [-0.4, -0.2) is 51.6 Å². The van der Waals surface area contributed by atoms with Gasteiger partial charge in [0.25, 0.3) is 0 Å². The summed E-state index contributed by atoms with van der Waals surface area (Å²) in [4.78, 5) is 0.260. The van der Waals surface area contributed by atoms with Crippen molar-refractivity contribution in [1.82, 2.24) is 9.62 Å². The van der Waals surface area contributed by atoms with Crippen LogP contribution in [0.15, 0.2) is 23.1 Å². The van der Waals surface area contributed by atoms with Gasteiger partial charge in [-0.05, 0) is 12.1 Å². The lowest BCUT2D eigenvalue weighted by molar-refractivity contribution is 0.171. The number of nitrogens with one attached hydrogen (secondary N) is 1. The van der Waals surface area contributed by atoms with E-state index in [4.69, 9.17) is 9.47 Å². The molecule has 0 aliphatic carbocycles. The van der Waals surface area contributed by atoms with Gasteiger partial charge >= 0.3 is 0 Å². The molecule has 0 amide bonds. The number of hydrogen-bond acceptors (Lipinski definition) is 5. The van der Waals surface area contributed by atoms with Crippen LogP contribution in [0.1, 0.15) is 6.92 Å². The molecule has 1 aromatic carbocycles. The first-order valence-corrected chi connectivity index (χ1v) is 8.19. The largest absolute Gasteiger partial charge is 0.486 e. The van der Waals surface area contributed by atoms with Crippen LogP contribution >= 0.6 is 0 Å². The average molecular weight is 298 g/mol. The van der Waals surface area contributed by atoms with E-state index in [0.29, 0.717) is 44.3 Å². The number of sulfonamides is 1. The summed E-state index contributed by atoms with van der Waals surface area (Å²) < 4.78 is 37.8. The van der Waals surface area contributed by atoms with E-state index in [1.165, 1.54) is 4.31 Å². The summed E-state index contributed by atoms with van der Waals surface area (Å²) in [6.45, 7) is 4.67. The molecule has 1 fully saturated rings. The number of benzene rings is 1. The second-order valence-electron chi connectivity index (χ2n) is 4.83. The summed E-state index contributed by atoms with van der Waals surface area (Å²) in [5.74, 6) is 1.10. The molecule has 1 saturated heterocycles. The molecule has 1 N–H and O–H groups in total. The van der Waals surface area contributed by atoms with E-state index in [1.807, 2.05) is 6.92 Å². The number of ether oxygens (including phenoxy) is 2. The van der Waals surface area contributed by atoms with Crippen molar-refractivity contribution in [3.05, 3.63) is 18.2 Å². The van der Waals surface area contributed by atoms with Gasteiger partial charge in [0.2, 0.25) is 10.0 Å². The molecule has 20 heavy (non-hydrogen) atoms. The Hall–Kier alpha value is -1.31. The molecular formula is C13H18N2O4S. The molecule has 1 aromatic rings. The zero-order chi connectivity index (χ0) is 14.2. The zero-order valence-corrected chi connectivity index (χ0v) is 12.1. The Kier molecular flexibility index (Phi) is 3.57. The molecule has 110 valence electrons. The van der Waals surface area contributed by atoms with Crippen LogP contribution in [0.2, 0.25) is 0 Å². The molecule has 2 heterocycles. The molecule has 0 bridgehead atoms. The smallest absolute Gasteiger partial charge is 0.243 e. The van der Waals surface area contributed by atoms with Crippen molar-refractivity contribution in [2.75, 3.05) is 32.8 Å². The van der Waals surface area contributed by atoms with Crippen molar-refractivity contribution in [3.8, 4) is 11.5 Å². The van der Waals surface area contributed by atoms with Gasteiger partial charge in [-0.2, -0.15) is 4.31 Å². The van der Waals surface area contributed by atoms with Crippen LogP contribution in [0.25, 0.3) is 0 Å². The maximum absolute atomic E-state index is 12.7. The fraction of sp³-hybridized carbons (Fsp3) is 0.538. The number of fused-ring (bicyclic) bond motifs is 1. The molecule has 7 heteroatoms. The Morgan fingerprint density at radius 3 is 2.55 bits per heavy atom. The van der Waals surface area contributed by atoms with Crippen molar-refractivity contribution in [2.24, 2.45) is 0 Å². The lowest BCUT2D eigenvalue weighted by Gasteiger charge is -2.36. The van der Waals surface area contributed by atoms with Crippen molar-refractivity contribution >= 4 is 10.0 Å². The summed E-state index contributed by atoms with van der Waals surface area (Å²) in [6, 6.07) is 4.84. The first kappa shape index (κ1) is 13.7. The molecule has 2 aliphatic heterocycles. The highest BCUT2D eigenvalue weighted by atomic mass is 32.2. The van der Waals surface area contributed by atoms with Gasteiger partial charge in [-0.15, -0.1) is 0 Å². The summed E-state index contributed by atoms with van der Waals surface area (Å²) in [5, 5.41) is 3.10. The van der Waals surface area contributed by atoms with Crippen LogP contribution < -0.4 is 14.8 Å². The zero-order valence-electron chi connectivity index (χ0n) is 11.3. The molecule has 3 rings (SSSR count). The Morgan fingerprint density at radius 2 is 1.95 bits per heavy atom. The number of nitrogens with zero attached hydrogens (tertiary/aromatic N) is 1. The Morgan fingerprint density at radius 1 is 1.25 bits per heavy atom. The van der Waals surface area contributed by atoms with Gasteiger partial charge < -0.3 is 14.8 Å². The molecule has 0 saturated carbocycles. The fourth-order valence-corrected chi connectivity index (χ4v) is 4.07. The molecule has 0 spiro atoms. The molecule has 0 aromatic heterocycles. The SMILES string of the molecule is CCN(C1CNC1)S(=O)(=O)c1ccc2c(c1)OCCO2. The second-order valence-corrected chi connectivity index (χ2v) is 6.72. The first-order valence-electron chi connectivity index (χ1n) is 6.75. The van der Waals surface area contributed by atoms with E-state index in [1.54, 1.807) is 18.2 Å². The highest BCUT2D eigenvalue weighted by Crippen LogP contribution is 2.33. The highest BCUT2D eigenvalue weighted by molar-refractivity contribution is 7.89. The van der Waals surface area contributed by atoms with Crippen LogP contribution in [0.3, 0.4) is 0 Å². The molecule has 2 aliphatic rings. The van der Waals surface area contributed by atoms with E-state index in [-0.39, 0.29) is 10.9 Å². The van der Waals surface area contributed by atoms with E-state index >= 15 is 0 Å². The maximum atomic E-state index is 12.7. The summed E-state index contributed by atoms with van der Waals surface area (Å²) >= 11 is 0. The summed E-state index contributed by atoms with van der Waals surface area (Å²) in [5.41, 5.74) is 0. The van der Waals surface area contributed by atoms with Crippen molar-refractivity contribution in [1.29, 1.82) is 0 Å². The normalized spacial score (nSPS) is 18.9. The maximum Gasteiger partial charge on any atom is 0.243 e. The van der Waals surface area contributed by atoms with Crippen LogP contribution in [0, 0.1) is 0 Å². The van der Waals surface area contributed by atoms with Crippen LogP contribution in [0.5, 0.6) is 11.5 Å². The monoisotopic (exact) mass is 298 g/mol. The lowest BCUT2D eigenvalue weighted by Crippen LogP contribution is -2.58. The number of likely N-dealkylation sites (N-methyl/N-ethyl adjacent to an activating group) is 1. The predicted octanol–water partition coefficient (Wildman–Crippen LogP) is 0.440. The van der Waals surface area contributed by atoms with Crippen molar-refractivity contribution < 1.29 is 17.9 Å². The predicted molar refractivity (Wildman–Crippen MR) is 73.7 cm³/mol. The van der Waals surface area contributed by atoms with Gasteiger partial charge in [-0.1, -0.05) is 6.92 Å². The van der Waals surface area contributed by atoms with Gasteiger partial charge in [0.05, 0.1) is 4.90 Å². The van der Waals surface area contributed by atoms with Crippen molar-refractivity contribution in [2.45, 2.75) is 17.9 Å². The van der Waals surface area contributed by atoms with E-state index in [0.717, 1.165) is 0 Å². The molecule has 0 radical (unpaired) electrons. The molecular weight excluding hydrogens is 280 g/mol. The first-order chi connectivity index (χ1) is 9.63. The summed E-state index contributed by atoms with van der Waals surface area (Å²) in [6.07, 6.45) is 0. The third-order valence-corrected chi connectivity index (χ3v) is 5.62. The Labute approximate surface area is 118 Å². The van der Waals surface area contributed by atoms with E-state index in [2.05, 4.69) is 5.32 Å². The number of rotatable bonds is 4. The van der Waals surface area contributed by atoms with E-state index in [9.17, 15) is 8.42 Å². The third kappa shape index (κ3) is 2.25. The third-order valence-electron chi connectivity index (χ3n) is 3.60. The minimum atomic E-state index is -3.49. The van der Waals surface area contributed by atoms with Crippen LogP contribution in [0.4, 0.5) is 0 Å². The fourth-order valence-electron chi connectivity index (χ4n) is 2.42. The van der Waals surface area contributed by atoms with Gasteiger partial charge in [0.1, 0.15) is 13.2 Å². The topological polar surface area (TPSA) is 67.9 Å². The van der Waals surface area contributed by atoms with Gasteiger partial charge in [0.15, 0.2) is 11.5 Å².